The Labute approximate surface area is 120 Å². The Morgan fingerprint density at radius 3 is 2.95 bits per heavy atom. The molecule has 0 aliphatic rings. The van der Waals surface area contributed by atoms with Gasteiger partial charge in [-0.3, -0.25) is 4.68 Å². The molecule has 19 heavy (non-hydrogen) atoms. The molecule has 1 N–H and O–H groups in total. The van der Waals surface area contributed by atoms with Gasteiger partial charge in [-0.15, -0.1) is 0 Å². The van der Waals surface area contributed by atoms with E-state index in [-0.39, 0.29) is 0 Å². The summed E-state index contributed by atoms with van der Waals surface area (Å²) in [5, 5.41) is 14.6. The van der Waals surface area contributed by atoms with Crippen molar-refractivity contribution in [3.05, 3.63) is 40.0 Å². The maximum absolute atomic E-state index is 10.4. The number of halogens is 1. The fourth-order valence-corrected chi connectivity index (χ4v) is 2.38. The molecule has 2 aromatic rings. The topological polar surface area (TPSA) is 60.4 Å². The van der Waals surface area contributed by atoms with Gasteiger partial charge in [-0.2, -0.15) is 5.10 Å². The van der Waals surface area contributed by atoms with Gasteiger partial charge in [-0.1, -0.05) is 6.92 Å². The molecule has 0 amide bonds. The molecular formula is C13H17BrN2O3. The van der Waals surface area contributed by atoms with Crippen LogP contribution in [-0.4, -0.2) is 28.6 Å². The van der Waals surface area contributed by atoms with Crippen LogP contribution in [0.1, 0.15) is 30.2 Å². The number of methoxy groups -OCH3 is 1. The number of hydrogen-bond acceptors (Lipinski definition) is 4. The SMILES string of the molecule is CCc1ccc(C(O)c2c(Br)cnn2CCOC)o1. The third-order valence-electron chi connectivity index (χ3n) is 2.90. The minimum atomic E-state index is -0.839. The largest absolute Gasteiger partial charge is 0.463 e. The van der Waals surface area contributed by atoms with Gasteiger partial charge in [-0.25, -0.2) is 0 Å². The Balaban J connectivity index is 2.26. The second-order valence-corrected chi connectivity index (χ2v) is 5.01. The van der Waals surface area contributed by atoms with Gasteiger partial charge >= 0.3 is 0 Å². The van der Waals surface area contributed by atoms with E-state index >= 15 is 0 Å². The molecule has 1 atom stereocenters. The smallest absolute Gasteiger partial charge is 0.154 e. The average molecular weight is 329 g/mol. The van der Waals surface area contributed by atoms with Crippen molar-refractivity contribution in [1.29, 1.82) is 0 Å². The van der Waals surface area contributed by atoms with Crippen molar-refractivity contribution >= 4 is 15.9 Å². The van der Waals surface area contributed by atoms with E-state index in [0.29, 0.717) is 24.6 Å². The first kappa shape index (κ1) is 14.3. The number of aromatic nitrogens is 2. The van der Waals surface area contributed by atoms with E-state index in [9.17, 15) is 5.11 Å². The summed E-state index contributed by atoms with van der Waals surface area (Å²) < 4.78 is 13.1. The van der Waals surface area contributed by atoms with Crippen LogP contribution in [-0.2, 0) is 17.7 Å². The van der Waals surface area contributed by atoms with Crippen molar-refractivity contribution in [1.82, 2.24) is 9.78 Å². The first-order valence-electron chi connectivity index (χ1n) is 6.14. The number of ether oxygens (including phenoxy) is 1. The molecule has 6 heteroatoms. The van der Waals surface area contributed by atoms with Crippen LogP contribution in [0.4, 0.5) is 0 Å². The van der Waals surface area contributed by atoms with Crippen LogP contribution in [0, 0.1) is 0 Å². The van der Waals surface area contributed by atoms with Crippen molar-refractivity contribution in [3.63, 3.8) is 0 Å². The van der Waals surface area contributed by atoms with Gasteiger partial charge < -0.3 is 14.3 Å². The molecule has 0 aromatic carbocycles. The predicted octanol–water partition coefficient (Wildman–Crippen LogP) is 2.53. The van der Waals surface area contributed by atoms with Crippen LogP contribution in [0.15, 0.2) is 27.2 Å². The predicted molar refractivity (Wildman–Crippen MR) is 74.0 cm³/mol. The number of aryl methyl sites for hydroxylation is 1. The summed E-state index contributed by atoms with van der Waals surface area (Å²) in [4.78, 5) is 0. The highest BCUT2D eigenvalue weighted by atomic mass is 79.9. The molecule has 5 nitrogen and oxygen atoms in total. The van der Waals surface area contributed by atoms with Gasteiger partial charge in [0, 0.05) is 13.5 Å². The molecule has 0 aliphatic carbocycles. The van der Waals surface area contributed by atoms with E-state index in [1.54, 1.807) is 24.1 Å². The Morgan fingerprint density at radius 2 is 2.32 bits per heavy atom. The highest BCUT2D eigenvalue weighted by molar-refractivity contribution is 9.10. The minimum Gasteiger partial charge on any atom is -0.463 e. The number of aliphatic hydroxyl groups excluding tert-OH is 1. The molecule has 1 unspecified atom stereocenters. The molecule has 2 rings (SSSR count). The van der Waals surface area contributed by atoms with E-state index in [1.807, 2.05) is 13.0 Å². The van der Waals surface area contributed by atoms with Gasteiger partial charge in [0.05, 0.1) is 29.5 Å². The van der Waals surface area contributed by atoms with Gasteiger partial charge in [0.1, 0.15) is 11.5 Å². The summed E-state index contributed by atoms with van der Waals surface area (Å²) in [7, 11) is 1.63. The molecule has 0 saturated carbocycles. The Hall–Kier alpha value is -1.11. The summed E-state index contributed by atoms with van der Waals surface area (Å²) in [6.07, 6.45) is 1.63. The lowest BCUT2D eigenvalue weighted by Gasteiger charge is -2.12. The molecule has 104 valence electrons. The number of rotatable bonds is 6. The van der Waals surface area contributed by atoms with Crippen LogP contribution in [0.25, 0.3) is 0 Å². The van der Waals surface area contributed by atoms with Crippen LogP contribution < -0.4 is 0 Å². The van der Waals surface area contributed by atoms with E-state index in [2.05, 4.69) is 21.0 Å². The number of furan rings is 1. The molecule has 0 spiro atoms. The lowest BCUT2D eigenvalue weighted by atomic mass is 10.2. The van der Waals surface area contributed by atoms with Crippen molar-refractivity contribution in [3.8, 4) is 0 Å². The molecule has 0 saturated heterocycles. The van der Waals surface area contributed by atoms with Crippen molar-refractivity contribution in [2.75, 3.05) is 13.7 Å². The molecule has 2 heterocycles. The monoisotopic (exact) mass is 328 g/mol. The maximum atomic E-state index is 10.4. The zero-order valence-corrected chi connectivity index (χ0v) is 12.6. The summed E-state index contributed by atoms with van der Waals surface area (Å²) in [6, 6.07) is 3.67. The summed E-state index contributed by atoms with van der Waals surface area (Å²) in [5.41, 5.74) is 0.675. The lowest BCUT2D eigenvalue weighted by Crippen LogP contribution is -2.13. The van der Waals surface area contributed by atoms with Crippen LogP contribution in [0.3, 0.4) is 0 Å². The highest BCUT2D eigenvalue weighted by Crippen LogP contribution is 2.29. The van der Waals surface area contributed by atoms with E-state index < -0.39 is 6.10 Å². The lowest BCUT2D eigenvalue weighted by molar-refractivity contribution is 0.159. The molecular weight excluding hydrogens is 312 g/mol. The Bertz CT molecular complexity index is 536. The maximum Gasteiger partial charge on any atom is 0.154 e. The molecule has 2 aromatic heterocycles. The van der Waals surface area contributed by atoms with E-state index in [4.69, 9.17) is 9.15 Å². The average Bonchev–Trinajstić information content (AvgIpc) is 3.02. The van der Waals surface area contributed by atoms with Gasteiger partial charge in [0.15, 0.2) is 6.10 Å². The fourth-order valence-electron chi connectivity index (χ4n) is 1.87. The number of nitrogens with zero attached hydrogens (tertiary/aromatic N) is 2. The van der Waals surface area contributed by atoms with Crippen molar-refractivity contribution in [2.24, 2.45) is 0 Å². The zero-order valence-electron chi connectivity index (χ0n) is 11.0. The third kappa shape index (κ3) is 3.08. The highest BCUT2D eigenvalue weighted by Gasteiger charge is 2.22. The normalized spacial score (nSPS) is 12.8. The van der Waals surface area contributed by atoms with Crippen molar-refractivity contribution in [2.45, 2.75) is 26.0 Å². The molecule has 0 fully saturated rings. The molecule has 0 bridgehead atoms. The second kappa shape index (κ2) is 6.36. The van der Waals surface area contributed by atoms with Crippen molar-refractivity contribution < 1.29 is 14.3 Å². The standard InChI is InChI=1S/C13H17BrN2O3/c1-3-9-4-5-11(19-9)13(17)12-10(14)8-15-16(12)6-7-18-2/h4-5,8,13,17H,3,6-7H2,1-2H3. The van der Waals surface area contributed by atoms with Gasteiger partial charge in [-0.05, 0) is 28.1 Å². The summed E-state index contributed by atoms with van der Waals surface area (Å²) >= 11 is 3.41. The second-order valence-electron chi connectivity index (χ2n) is 4.15. The van der Waals surface area contributed by atoms with Gasteiger partial charge in [0.25, 0.3) is 0 Å². The molecule has 0 radical (unpaired) electrons. The summed E-state index contributed by atoms with van der Waals surface area (Å²) in [6.45, 7) is 3.12. The van der Waals surface area contributed by atoms with Gasteiger partial charge in [0.2, 0.25) is 0 Å². The Kier molecular flexibility index (Phi) is 4.79. The fraction of sp³-hybridized carbons (Fsp3) is 0.462. The van der Waals surface area contributed by atoms with E-state index in [1.165, 1.54) is 0 Å². The number of aliphatic hydroxyl groups is 1. The number of hydrogen-bond donors (Lipinski definition) is 1. The zero-order chi connectivity index (χ0) is 13.8. The third-order valence-corrected chi connectivity index (χ3v) is 3.51. The Morgan fingerprint density at radius 1 is 1.53 bits per heavy atom. The summed E-state index contributed by atoms with van der Waals surface area (Å²) in [5.74, 6) is 1.38. The van der Waals surface area contributed by atoms with Crippen LogP contribution in [0.5, 0.6) is 0 Å². The first-order chi connectivity index (χ1) is 9.17. The van der Waals surface area contributed by atoms with E-state index in [0.717, 1.165) is 16.7 Å². The first-order valence-corrected chi connectivity index (χ1v) is 6.93. The molecule has 0 aliphatic heterocycles. The van der Waals surface area contributed by atoms with Crippen LogP contribution >= 0.6 is 15.9 Å². The quantitative estimate of drug-likeness (QED) is 0.885. The minimum absolute atomic E-state index is 0.525. The van der Waals surface area contributed by atoms with Crippen LogP contribution in [0.2, 0.25) is 0 Å².